The van der Waals surface area contributed by atoms with E-state index in [1.165, 1.54) is 0 Å². The summed E-state index contributed by atoms with van der Waals surface area (Å²) in [5.74, 6) is 0.0466. The molecule has 2 aliphatic heterocycles. The van der Waals surface area contributed by atoms with Crippen molar-refractivity contribution in [1.29, 1.82) is 0 Å². The zero-order chi connectivity index (χ0) is 18.0. The van der Waals surface area contributed by atoms with Gasteiger partial charge in [-0.25, -0.2) is 5.48 Å². The number of carbonyl (C=O) groups excluding carboxylic acids is 2. The second-order valence-corrected chi connectivity index (χ2v) is 6.93. The summed E-state index contributed by atoms with van der Waals surface area (Å²) < 4.78 is 11.3. The van der Waals surface area contributed by atoms with Crippen LogP contribution in [-0.2, 0) is 9.53 Å². The fourth-order valence-electron chi connectivity index (χ4n) is 3.55. The van der Waals surface area contributed by atoms with Crippen LogP contribution in [-0.4, -0.2) is 48.3 Å². The molecule has 0 radical (unpaired) electrons. The van der Waals surface area contributed by atoms with Crippen LogP contribution in [0.1, 0.15) is 48.7 Å². The molecule has 1 aromatic carbocycles. The lowest BCUT2D eigenvalue weighted by molar-refractivity contribution is -0.151. The summed E-state index contributed by atoms with van der Waals surface area (Å²) in [6, 6.07) is 4.81. The van der Waals surface area contributed by atoms with Gasteiger partial charge in [0.1, 0.15) is 12.4 Å². The minimum atomic E-state index is -0.594. The van der Waals surface area contributed by atoms with E-state index in [0.717, 1.165) is 18.4 Å². The minimum absolute atomic E-state index is 0.0772. The van der Waals surface area contributed by atoms with Gasteiger partial charge in [-0.05, 0) is 38.8 Å². The predicted molar refractivity (Wildman–Crippen MR) is 89.5 cm³/mol. The van der Waals surface area contributed by atoms with Gasteiger partial charge in [0.25, 0.3) is 5.91 Å². The summed E-state index contributed by atoms with van der Waals surface area (Å²) in [5, 5.41) is 8.78. The summed E-state index contributed by atoms with van der Waals surface area (Å²) in [6.07, 6.45) is 1.70. The van der Waals surface area contributed by atoms with Crippen LogP contribution in [0.2, 0.25) is 0 Å². The molecular weight excluding hydrogens is 324 g/mol. The van der Waals surface area contributed by atoms with Gasteiger partial charge in [-0.15, -0.1) is 0 Å². The van der Waals surface area contributed by atoms with Crippen molar-refractivity contribution in [2.75, 3.05) is 26.4 Å². The van der Waals surface area contributed by atoms with E-state index in [9.17, 15) is 9.59 Å². The number of carbonyl (C=O) groups is 2. The summed E-state index contributed by atoms with van der Waals surface area (Å²) in [6.45, 7) is 5.90. The van der Waals surface area contributed by atoms with Crippen LogP contribution in [0.25, 0.3) is 0 Å². The van der Waals surface area contributed by atoms with Crippen molar-refractivity contribution in [3.8, 4) is 5.75 Å². The second kappa shape index (κ2) is 7.01. The Bertz CT molecular complexity index is 669. The van der Waals surface area contributed by atoms with E-state index in [-0.39, 0.29) is 11.9 Å². The van der Waals surface area contributed by atoms with Crippen LogP contribution in [0.5, 0.6) is 5.75 Å². The standard InChI is InChI=1S/C18H24N2O5/c1-12-14-5-4-13(16(21)19-23)10-15(14)25-9-7-20(12)17(22)18(2)6-3-8-24-11-18/h4-5,10,12,23H,3,6-9,11H2,1-2H3,(H,19,21)/t12?,18-/m0/s1. The highest BCUT2D eigenvalue weighted by atomic mass is 16.5. The van der Waals surface area contributed by atoms with Crippen LogP contribution in [0.15, 0.2) is 18.2 Å². The molecule has 0 aliphatic carbocycles. The number of ether oxygens (including phenoxy) is 2. The van der Waals surface area contributed by atoms with Crippen molar-refractivity contribution in [3.63, 3.8) is 0 Å². The van der Waals surface area contributed by atoms with Gasteiger partial charge < -0.3 is 14.4 Å². The number of nitrogens with one attached hydrogen (secondary N) is 1. The Morgan fingerprint density at radius 1 is 1.36 bits per heavy atom. The van der Waals surface area contributed by atoms with Crippen molar-refractivity contribution in [3.05, 3.63) is 29.3 Å². The number of benzene rings is 1. The van der Waals surface area contributed by atoms with E-state index in [4.69, 9.17) is 14.7 Å². The first-order chi connectivity index (χ1) is 12.0. The summed E-state index contributed by atoms with van der Waals surface area (Å²) in [7, 11) is 0. The Labute approximate surface area is 146 Å². The molecule has 2 amide bonds. The molecule has 7 heteroatoms. The van der Waals surface area contributed by atoms with Crippen LogP contribution in [0.4, 0.5) is 0 Å². The number of rotatable bonds is 2. The van der Waals surface area contributed by atoms with Crippen molar-refractivity contribution >= 4 is 11.8 Å². The van der Waals surface area contributed by atoms with E-state index in [0.29, 0.717) is 37.7 Å². The molecule has 1 saturated heterocycles. The second-order valence-electron chi connectivity index (χ2n) is 6.93. The van der Waals surface area contributed by atoms with Crippen molar-refractivity contribution in [1.82, 2.24) is 10.4 Å². The average Bonchev–Trinajstić information content (AvgIpc) is 2.79. The van der Waals surface area contributed by atoms with Gasteiger partial charge in [-0.2, -0.15) is 0 Å². The molecule has 25 heavy (non-hydrogen) atoms. The molecule has 7 nitrogen and oxygen atoms in total. The Morgan fingerprint density at radius 3 is 2.84 bits per heavy atom. The van der Waals surface area contributed by atoms with Gasteiger partial charge in [0.2, 0.25) is 5.91 Å². The highest BCUT2D eigenvalue weighted by molar-refractivity contribution is 5.94. The molecule has 1 unspecified atom stereocenters. The Balaban J connectivity index is 1.87. The first kappa shape index (κ1) is 17.7. The van der Waals surface area contributed by atoms with E-state index in [2.05, 4.69) is 0 Å². The largest absolute Gasteiger partial charge is 0.491 e. The average molecular weight is 348 g/mol. The molecule has 2 atom stereocenters. The highest BCUT2D eigenvalue weighted by Crippen LogP contribution is 2.37. The first-order valence-corrected chi connectivity index (χ1v) is 8.56. The summed E-state index contributed by atoms with van der Waals surface area (Å²) in [4.78, 5) is 26.6. The number of hydroxylamine groups is 1. The number of hydrogen-bond acceptors (Lipinski definition) is 5. The van der Waals surface area contributed by atoms with Crippen molar-refractivity contribution < 1.29 is 24.3 Å². The smallest absolute Gasteiger partial charge is 0.274 e. The third-order valence-electron chi connectivity index (χ3n) is 5.10. The van der Waals surface area contributed by atoms with Gasteiger partial charge in [-0.3, -0.25) is 14.8 Å². The number of hydrogen-bond donors (Lipinski definition) is 2. The van der Waals surface area contributed by atoms with Gasteiger partial charge in [0, 0.05) is 17.7 Å². The molecule has 3 rings (SSSR count). The zero-order valence-electron chi connectivity index (χ0n) is 14.6. The van der Waals surface area contributed by atoms with Crippen molar-refractivity contribution in [2.24, 2.45) is 5.41 Å². The number of fused-ring (bicyclic) bond motifs is 1. The predicted octanol–water partition coefficient (Wildman–Crippen LogP) is 1.90. The third-order valence-corrected chi connectivity index (χ3v) is 5.10. The molecule has 0 spiro atoms. The molecule has 1 fully saturated rings. The van der Waals surface area contributed by atoms with Gasteiger partial charge >= 0.3 is 0 Å². The highest BCUT2D eigenvalue weighted by Gasteiger charge is 2.41. The topological polar surface area (TPSA) is 88.1 Å². The Hall–Kier alpha value is -2.12. The summed E-state index contributed by atoms with van der Waals surface area (Å²) >= 11 is 0. The SMILES string of the molecule is CC1c2ccc(C(=O)NO)cc2OCCN1C(=O)[C@@]1(C)CCCOC1. The van der Waals surface area contributed by atoms with E-state index in [1.54, 1.807) is 23.7 Å². The quantitative estimate of drug-likeness (QED) is 0.630. The fourth-order valence-corrected chi connectivity index (χ4v) is 3.55. The Morgan fingerprint density at radius 2 is 2.16 bits per heavy atom. The zero-order valence-corrected chi connectivity index (χ0v) is 14.6. The lowest BCUT2D eigenvalue weighted by Gasteiger charge is -2.38. The fraction of sp³-hybridized carbons (Fsp3) is 0.556. The van der Waals surface area contributed by atoms with E-state index in [1.807, 2.05) is 18.7 Å². The third kappa shape index (κ3) is 3.34. The molecule has 2 heterocycles. The maximum absolute atomic E-state index is 13.2. The lowest BCUT2D eigenvalue weighted by Crippen LogP contribution is -2.48. The normalized spacial score (nSPS) is 26.2. The molecule has 136 valence electrons. The molecule has 0 bridgehead atoms. The molecule has 2 aliphatic rings. The Kier molecular flexibility index (Phi) is 4.96. The van der Waals surface area contributed by atoms with E-state index < -0.39 is 11.3 Å². The number of nitrogens with zero attached hydrogens (tertiary/aromatic N) is 1. The monoisotopic (exact) mass is 348 g/mol. The van der Waals surface area contributed by atoms with Crippen LogP contribution >= 0.6 is 0 Å². The molecule has 0 saturated carbocycles. The van der Waals surface area contributed by atoms with Crippen LogP contribution in [0.3, 0.4) is 0 Å². The van der Waals surface area contributed by atoms with Gasteiger partial charge in [0.15, 0.2) is 0 Å². The molecule has 2 N–H and O–H groups in total. The lowest BCUT2D eigenvalue weighted by atomic mass is 9.82. The molecule has 1 aromatic rings. The van der Waals surface area contributed by atoms with Crippen LogP contribution in [0, 0.1) is 5.41 Å². The summed E-state index contributed by atoms with van der Waals surface area (Å²) in [5.41, 5.74) is 2.26. The maximum Gasteiger partial charge on any atom is 0.274 e. The first-order valence-electron chi connectivity index (χ1n) is 8.56. The minimum Gasteiger partial charge on any atom is -0.491 e. The van der Waals surface area contributed by atoms with Gasteiger partial charge in [-0.1, -0.05) is 6.07 Å². The molecule has 0 aromatic heterocycles. The van der Waals surface area contributed by atoms with Crippen molar-refractivity contribution in [2.45, 2.75) is 32.7 Å². The van der Waals surface area contributed by atoms with E-state index >= 15 is 0 Å². The van der Waals surface area contributed by atoms with Gasteiger partial charge in [0.05, 0.1) is 24.6 Å². The maximum atomic E-state index is 13.2. The van der Waals surface area contributed by atoms with Crippen LogP contribution < -0.4 is 10.2 Å². The number of amides is 2. The molecular formula is C18H24N2O5.